The van der Waals surface area contributed by atoms with Crippen LogP contribution in [0.4, 0.5) is 0 Å². The first kappa shape index (κ1) is 21.8. The van der Waals surface area contributed by atoms with Crippen LogP contribution in [0.5, 0.6) is 0 Å². The third-order valence-corrected chi connectivity index (χ3v) is 5.35. The summed E-state index contributed by atoms with van der Waals surface area (Å²) in [5, 5.41) is 11.5. The summed E-state index contributed by atoms with van der Waals surface area (Å²) in [4.78, 5) is 22.1. The molecule has 1 unspecified atom stereocenters. The molecule has 2 aromatic rings. The molecule has 0 saturated heterocycles. The van der Waals surface area contributed by atoms with Crippen LogP contribution in [0.2, 0.25) is 0 Å². The van der Waals surface area contributed by atoms with Crippen LogP contribution in [0.15, 0.2) is 66.2 Å². The van der Waals surface area contributed by atoms with E-state index in [0.29, 0.717) is 5.75 Å². The molecule has 0 aromatic heterocycles. The molecule has 28 heavy (non-hydrogen) atoms. The lowest BCUT2D eigenvalue weighted by atomic mass is 10.0. The molecule has 0 fully saturated rings. The Morgan fingerprint density at radius 1 is 1.04 bits per heavy atom. The number of hydrogen-bond acceptors (Lipinski definition) is 3. The van der Waals surface area contributed by atoms with Crippen LogP contribution in [-0.4, -0.2) is 34.5 Å². The van der Waals surface area contributed by atoms with Crippen LogP contribution in [0, 0.1) is 0 Å². The zero-order valence-electron chi connectivity index (χ0n) is 16.4. The van der Waals surface area contributed by atoms with E-state index >= 15 is 0 Å². The van der Waals surface area contributed by atoms with Crippen LogP contribution in [-0.2, 0) is 16.0 Å². The highest BCUT2D eigenvalue weighted by Gasteiger charge is 2.17. The Bertz CT molecular complexity index is 800. The lowest BCUT2D eigenvalue weighted by Gasteiger charge is -2.12. The molecule has 148 valence electrons. The molecule has 1 amide bonds. The number of aliphatic carboxylic acids is 1. The van der Waals surface area contributed by atoms with Crippen LogP contribution < -0.4 is 5.32 Å². The Balaban J connectivity index is 1.76. The fourth-order valence-corrected chi connectivity index (χ4v) is 3.75. The molecule has 0 aliphatic heterocycles. The summed E-state index contributed by atoms with van der Waals surface area (Å²) in [7, 11) is 0. The minimum absolute atomic E-state index is 0.321. The van der Waals surface area contributed by atoms with Crippen LogP contribution in [0.3, 0.4) is 0 Å². The molecule has 5 heteroatoms. The number of nitrogens with one attached hydrogen (secondary N) is 1. The first-order valence-electron chi connectivity index (χ1n) is 9.33. The predicted octanol–water partition coefficient (Wildman–Crippen LogP) is 4.56. The molecule has 0 saturated carbocycles. The highest BCUT2D eigenvalue weighted by Crippen LogP contribution is 2.20. The van der Waals surface area contributed by atoms with Gasteiger partial charge in [0.1, 0.15) is 6.04 Å². The maximum atomic E-state index is 11.1. The van der Waals surface area contributed by atoms with Crippen molar-refractivity contribution in [1.29, 1.82) is 0 Å². The van der Waals surface area contributed by atoms with Crippen molar-refractivity contribution in [3.05, 3.63) is 71.8 Å². The van der Waals surface area contributed by atoms with E-state index < -0.39 is 12.0 Å². The Labute approximate surface area is 171 Å². The van der Waals surface area contributed by atoms with Crippen molar-refractivity contribution in [2.24, 2.45) is 0 Å². The maximum Gasteiger partial charge on any atom is 0.327 e. The molecule has 0 aliphatic rings. The van der Waals surface area contributed by atoms with Gasteiger partial charge in [0.15, 0.2) is 0 Å². The Morgan fingerprint density at radius 3 is 2.29 bits per heavy atom. The predicted molar refractivity (Wildman–Crippen MR) is 117 cm³/mol. The van der Waals surface area contributed by atoms with Gasteiger partial charge in [-0.25, -0.2) is 4.79 Å². The van der Waals surface area contributed by atoms with E-state index in [-0.39, 0.29) is 5.91 Å². The first-order valence-corrected chi connectivity index (χ1v) is 10.5. The fourth-order valence-electron chi connectivity index (χ4n) is 2.75. The molecule has 1 atom stereocenters. The number of amides is 1. The van der Waals surface area contributed by atoms with E-state index in [1.807, 2.05) is 18.2 Å². The topological polar surface area (TPSA) is 66.4 Å². The van der Waals surface area contributed by atoms with Gasteiger partial charge in [0.2, 0.25) is 5.91 Å². The Hall–Kier alpha value is -2.53. The van der Waals surface area contributed by atoms with Gasteiger partial charge < -0.3 is 10.4 Å². The van der Waals surface area contributed by atoms with Crippen molar-refractivity contribution in [1.82, 2.24) is 5.32 Å². The zero-order valence-corrected chi connectivity index (χ0v) is 17.2. The molecule has 0 bridgehead atoms. The van der Waals surface area contributed by atoms with Gasteiger partial charge in [-0.1, -0.05) is 66.2 Å². The summed E-state index contributed by atoms with van der Waals surface area (Å²) in [6.07, 6.45) is 4.08. The SMILES string of the molecule is CC(=O)NC(CSC/C=C(\C)CCc1ccc(-c2ccccc2)cc1)C(=O)O. The molecule has 2 rings (SSSR count). The van der Waals surface area contributed by atoms with E-state index in [1.54, 1.807) is 0 Å². The number of carbonyl (C=O) groups excluding carboxylic acids is 1. The molecule has 0 spiro atoms. The van der Waals surface area contributed by atoms with Gasteiger partial charge in [0.05, 0.1) is 0 Å². The summed E-state index contributed by atoms with van der Waals surface area (Å²) < 4.78 is 0. The van der Waals surface area contributed by atoms with E-state index in [1.165, 1.54) is 40.9 Å². The second-order valence-corrected chi connectivity index (χ2v) is 7.82. The Kier molecular flexibility index (Phi) is 8.82. The monoisotopic (exact) mass is 397 g/mol. The molecule has 0 aliphatic carbocycles. The second-order valence-electron chi connectivity index (χ2n) is 6.74. The molecule has 2 N–H and O–H groups in total. The fraction of sp³-hybridized carbons (Fsp3) is 0.304. The van der Waals surface area contributed by atoms with Gasteiger partial charge in [-0.3, -0.25) is 4.79 Å². The summed E-state index contributed by atoms with van der Waals surface area (Å²) in [6, 6.07) is 18.2. The average Bonchev–Trinajstić information content (AvgIpc) is 2.69. The van der Waals surface area contributed by atoms with Gasteiger partial charge in [-0.05, 0) is 36.5 Å². The minimum Gasteiger partial charge on any atom is -0.480 e. The third kappa shape index (κ3) is 7.61. The summed E-state index contributed by atoms with van der Waals surface area (Å²) in [6.45, 7) is 3.43. The second kappa shape index (κ2) is 11.3. The van der Waals surface area contributed by atoms with Crippen molar-refractivity contribution in [3.63, 3.8) is 0 Å². The smallest absolute Gasteiger partial charge is 0.327 e. The number of hydrogen-bond donors (Lipinski definition) is 2. The van der Waals surface area contributed by atoms with Crippen molar-refractivity contribution in [3.8, 4) is 11.1 Å². The van der Waals surface area contributed by atoms with Crippen molar-refractivity contribution < 1.29 is 14.7 Å². The lowest BCUT2D eigenvalue weighted by Crippen LogP contribution is -2.41. The van der Waals surface area contributed by atoms with Crippen molar-refractivity contribution >= 4 is 23.6 Å². The van der Waals surface area contributed by atoms with Crippen LogP contribution >= 0.6 is 11.8 Å². The van der Waals surface area contributed by atoms with Gasteiger partial charge in [-0.2, -0.15) is 11.8 Å². The molecule has 0 heterocycles. The van der Waals surface area contributed by atoms with Crippen molar-refractivity contribution in [2.75, 3.05) is 11.5 Å². The van der Waals surface area contributed by atoms with E-state index in [2.05, 4.69) is 54.7 Å². The molecular weight excluding hydrogens is 370 g/mol. The molecule has 4 nitrogen and oxygen atoms in total. The van der Waals surface area contributed by atoms with Gasteiger partial charge >= 0.3 is 5.97 Å². The van der Waals surface area contributed by atoms with E-state index in [0.717, 1.165) is 18.6 Å². The van der Waals surface area contributed by atoms with Gasteiger partial charge in [0, 0.05) is 18.4 Å². The quantitative estimate of drug-likeness (QED) is 0.456. The largest absolute Gasteiger partial charge is 0.480 e. The van der Waals surface area contributed by atoms with Crippen molar-refractivity contribution in [2.45, 2.75) is 32.7 Å². The number of carboxylic acid groups (broad SMARTS) is 1. The molecule has 2 aromatic carbocycles. The highest BCUT2D eigenvalue weighted by molar-refractivity contribution is 7.99. The number of benzene rings is 2. The molecular formula is C23H27NO3S. The van der Waals surface area contributed by atoms with Crippen LogP contribution in [0.1, 0.15) is 25.8 Å². The van der Waals surface area contributed by atoms with Gasteiger partial charge in [0.25, 0.3) is 0 Å². The lowest BCUT2D eigenvalue weighted by molar-refractivity contribution is -0.140. The number of aryl methyl sites for hydroxylation is 1. The summed E-state index contributed by atoms with van der Waals surface area (Å²) >= 11 is 1.51. The average molecular weight is 398 g/mol. The number of rotatable bonds is 10. The molecule has 0 radical (unpaired) electrons. The number of carbonyl (C=O) groups is 2. The third-order valence-electron chi connectivity index (χ3n) is 4.38. The number of thioether (sulfide) groups is 1. The van der Waals surface area contributed by atoms with E-state index in [4.69, 9.17) is 5.11 Å². The summed E-state index contributed by atoms with van der Waals surface area (Å²) in [5.74, 6) is -0.220. The van der Waals surface area contributed by atoms with Gasteiger partial charge in [-0.15, -0.1) is 0 Å². The Morgan fingerprint density at radius 2 is 1.68 bits per heavy atom. The maximum absolute atomic E-state index is 11.1. The summed E-state index contributed by atoms with van der Waals surface area (Å²) in [5.41, 5.74) is 5.03. The normalized spacial score (nSPS) is 12.4. The highest BCUT2D eigenvalue weighted by atomic mass is 32.2. The minimum atomic E-state index is -0.998. The number of allylic oxidation sites excluding steroid dienone is 1. The standard InChI is InChI=1S/C23H27NO3S/c1-17(14-15-28-16-22(23(26)27)24-18(2)25)8-9-19-10-12-21(13-11-19)20-6-4-3-5-7-20/h3-7,10-14,22H,8-9,15-16H2,1-2H3,(H,24,25)(H,26,27)/b17-14+. The van der Waals surface area contributed by atoms with E-state index in [9.17, 15) is 9.59 Å². The zero-order chi connectivity index (χ0) is 20.4. The first-order chi connectivity index (χ1) is 13.5. The van der Waals surface area contributed by atoms with Crippen LogP contribution in [0.25, 0.3) is 11.1 Å². The number of carboxylic acids is 1.